The van der Waals surface area contributed by atoms with Crippen LogP contribution in [-0.2, 0) is 0 Å². The van der Waals surface area contributed by atoms with Crippen molar-refractivity contribution in [3.8, 4) is 6.07 Å². The smallest absolute Gasteiger partial charge is 0.262 e. The van der Waals surface area contributed by atoms with Gasteiger partial charge in [-0.15, -0.1) is 0 Å². The van der Waals surface area contributed by atoms with E-state index in [2.05, 4.69) is 21.2 Å². The van der Waals surface area contributed by atoms with Crippen molar-refractivity contribution in [3.05, 3.63) is 82.2 Å². The number of benzene rings is 1. The third-order valence-electron chi connectivity index (χ3n) is 3.61. The lowest BCUT2D eigenvalue weighted by Crippen LogP contribution is -2.41. The molecule has 3 rings (SSSR count). The van der Waals surface area contributed by atoms with E-state index >= 15 is 0 Å². The lowest BCUT2D eigenvalue weighted by Gasteiger charge is -2.22. The number of rotatable bonds is 2. The largest absolute Gasteiger partial charge is 0.494 e. The Kier molecular flexibility index (Phi) is 4.04. The molecule has 2 aromatic rings. The van der Waals surface area contributed by atoms with Crippen molar-refractivity contribution >= 4 is 21.6 Å². The van der Waals surface area contributed by atoms with Crippen LogP contribution in [0.1, 0.15) is 11.5 Å². The number of nitrogens with one attached hydrogen (secondary N) is 1. The Labute approximate surface area is 141 Å². The molecule has 0 radical (unpaired) electrons. The topological polar surface area (TPSA) is 80.2 Å². The number of aliphatic hydroxyl groups is 2. The van der Waals surface area contributed by atoms with Crippen molar-refractivity contribution in [2.45, 2.75) is 5.92 Å². The highest BCUT2D eigenvalue weighted by Crippen LogP contribution is 2.36. The summed E-state index contributed by atoms with van der Waals surface area (Å²) in [6.07, 6.45) is 3.55. The number of allylic oxidation sites excluding steroid dienone is 2. The fraction of sp³-hybridized carbons (Fsp3) is 0.0588. The van der Waals surface area contributed by atoms with Crippen LogP contribution in [0.4, 0.5) is 0 Å². The van der Waals surface area contributed by atoms with Gasteiger partial charge >= 0.3 is 0 Å². The first kappa shape index (κ1) is 15.1. The molecule has 2 heterocycles. The predicted molar refractivity (Wildman–Crippen MR) is 87.8 cm³/mol. The van der Waals surface area contributed by atoms with E-state index < -0.39 is 5.92 Å². The molecule has 5 nitrogen and oxygen atoms in total. The van der Waals surface area contributed by atoms with Gasteiger partial charge in [0.2, 0.25) is 5.88 Å². The highest BCUT2D eigenvalue weighted by molar-refractivity contribution is 9.10. The van der Waals surface area contributed by atoms with Gasteiger partial charge in [-0.25, -0.2) is 0 Å². The van der Waals surface area contributed by atoms with Crippen molar-refractivity contribution in [2.24, 2.45) is 0 Å². The van der Waals surface area contributed by atoms with Crippen molar-refractivity contribution in [3.63, 3.8) is 0 Å². The van der Waals surface area contributed by atoms with Crippen LogP contribution >= 0.6 is 15.9 Å². The molecule has 0 saturated carbocycles. The highest BCUT2D eigenvalue weighted by Gasteiger charge is 2.38. The summed E-state index contributed by atoms with van der Waals surface area (Å²) in [6, 6.07) is 14.9. The molecule has 0 saturated heterocycles. The van der Waals surface area contributed by atoms with E-state index in [1.807, 2.05) is 48.5 Å². The van der Waals surface area contributed by atoms with Crippen LogP contribution in [0.3, 0.4) is 0 Å². The average Bonchev–Trinajstić information content (AvgIpc) is 2.56. The molecule has 1 aliphatic heterocycles. The summed E-state index contributed by atoms with van der Waals surface area (Å²) in [4.78, 5) is 0. The Balaban J connectivity index is 2.21. The number of hydrogen-bond acceptors (Lipinski definition) is 4. The van der Waals surface area contributed by atoms with Crippen molar-refractivity contribution < 1.29 is 14.8 Å². The van der Waals surface area contributed by atoms with Gasteiger partial charge in [0.1, 0.15) is 17.6 Å². The normalized spacial score (nSPS) is 17.7. The van der Waals surface area contributed by atoms with Gasteiger partial charge < -0.3 is 10.2 Å². The number of hydrogen-bond donors (Lipinski definition) is 3. The molecule has 3 N–H and O–H groups in total. The summed E-state index contributed by atoms with van der Waals surface area (Å²) < 4.78 is 2.63. The van der Waals surface area contributed by atoms with Crippen LogP contribution in [0.2, 0.25) is 0 Å². The monoisotopic (exact) mass is 370 g/mol. The van der Waals surface area contributed by atoms with E-state index in [0.717, 1.165) is 10.0 Å². The molecular weight excluding hydrogens is 358 g/mol. The second-order valence-corrected chi connectivity index (χ2v) is 5.92. The standard InChI is InChI=1S/C17H12BrN3O2/c18-12-6-4-11(5-7-12)14-13(10-19)16(22)20-17(23)15(14)21-8-2-1-3-9-21/h1-9,14,20H,(H-,22,23)/p+1/t14-/m1/s1. The van der Waals surface area contributed by atoms with Crippen LogP contribution in [0.5, 0.6) is 0 Å². The minimum Gasteiger partial charge on any atom is -0.494 e. The summed E-state index contributed by atoms with van der Waals surface area (Å²) >= 11 is 3.38. The fourth-order valence-corrected chi connectivity index (χ4v) is 2.85. The Morgan fingerprint density at radius 3 is 2.30 bits per heavy atom. The van der Waals surface area contributed by atoms with Gasteiger partial charge in [0.15, 0.2) is 12.4 Å². The molecule has 0 spiro atoms. The Hall–Kier alpha value is -2.78. The zero-order valence-electron chi connectivity index (χ0n) is 11.9. The third-order valence-corrected chi connectivity index (χ3v) is 4.14. The SMILES string of the molecule is N#CC1=C(O)NC(O)=C([n+]2ccccc2)[C@@H]1c1ccc(Br)cc1. The van der Waals surface area contributed by atoms with E-state index in [1.54, 1.807) is 17.0 Å². The number of aliphatic hydroxyl groups excluding tert-OH is 2. The van der Waals surface area contributed by atoms with Crippen molar-refractivity contribution in [2.75, 3.05) is 0 Å². The predicted octanol–water partition coefficient (Wildman–Crippen LogP) is 3.10. The molecule has 0 amide bonds. The second-order valence-electron chi connectivity index (χ2n) is 5.00. The second kappa shape index (κ2) is 6.15. The average molecular weight is 371 g/mol. The maximum absolute atomic E-state index is 10.3. The third kappa shape index (κ3) is 2.79. The van der Waals surface area contributed by atoms with Gasteiger partial charge in [0.25, 0.3) is 11.6 Å². The summed E-state index contributed by atoms with van der Waals surface area (Å²) in [5, 5.41) is 32.3. The van der Waals surface area contributed by atoms with Crippen molar-refractivity contribution in [1.29, 1.82) is 5.26 Å². The first-order valence-corrected chi connectivity index (χ1v) is 7.66. The molecule has 0 aliphatic carbocycles. The molecule has 1 aliphatic rings. The lowest BCUT2D eigenvalue weighted by molar-refractivity contribution is -0.586. The summed E-state index contributed by atoms with van der Waals surface area (Å²) in [7, 11) is 0. The lowest BCUT2D eigenvalue weighted by atomic mass is 9.87. The maximum atomic E-state index is 10.3. The number of nitriles is 1. The molecule has 1 aromatic heterocycles. The molecular formula is C17H13BrN3O2+. The van der Waals surface area contributed by atoms with Gasteiger partial charge in [0.05, 0.1) is 0 Å². The molecule has 114 valence electrons. The minimum atomic E-state index is -0.582. The molecule has 6 heteroatoms. The number of pyridine rings is 1. The van der Waals surface area contributed by atoms with Crippen LogP contribution in [-0.4, -0.2) is 10.2 Å². The van der Waals surface area contributed by atoms with E-state index in [4.69, 9.17) is 0 Å². The van der Waals surface area contributed by atoms with Gasteiger partial charge in [-0.2, -0.15) is 9.83 Å². The van der Waals surface area contributed by atoms with Crippen LogP contribution in [0.25, 0.3) is 5.70 Å². The van der Waals surface area contributed by atoms with Gasteiger partial charge in [0, 0.05) is 16.6 Å². The Bertz CT molecular complexity index is 836. The van der Waals surface area contributed by atoms with E-state index in [-0.39, 0.29) is 17.3 Å². The van der Waals surface area contributed by atoms with Crippen LogP contribution < -0.4 is 9.88 Å². The van der Waals surface area contributed by atoms with E-state index in [0.29, 0.717) is 5.70 Å². The first-order chi connectivity index (χ1) is 11.1. The van der Waals surface area contributed by atoms with E-state index in [1.165, 1.54) is 0 Å². The molecule has 0 unspecified atom stereocenters. The summed E-state index contributed by atoms with van der Waals surface area (Å²) in [6.45, 7) is 0. The number of halogens is 1. The Morgan fingerprint density at radius 2 is 1.70 bits per heavy atom. The molecule has 23 heavy (non-hydrogen) atoms. The van der Waals surface area contributed by atoms with Crippen LogP contribution in [0, 0.1) is 11.3 Å². The van der Waals surface area contributed by atoms with E-state index in [9.17, 15) is 15.5 Å². The molecule has 1 aromatic carbocycles. The first-order valence-electron chi connectivity index (χ1n) is 6.87. The van der Waals surface area contributed by atoms with Crippen molar-refractivity contribution in [1.82, 2.24) is 5.32 Å². The van der Waals surface area contributed by atoms with Gasteiger partial charge in [-0.05, 0) is 17.7 Å². The zero-order valence-corrected chi connectivity index (χ0v) is 13.5. The van der Waals surface area contributed by atoms with Gasteiger partial charge in [-0.1, -0.05) is 34.1 Å². The number of nitrogens with zero attached hydrogens (tertiary/aromatic N) is 2. The summed E-state index contributed by atoms with van der Waals surface area (Å²) in [5.41, 5.74) is 1.41. The van der Waals surface area contributed by atoms with Crippen LogP contribution in [0.15, 0.2) is 76.7 Å². The minimum absolute atomic E-state index is 0.150. The quantitative estimate of drug-likeness (QED) is 0.709. The van der Waals surface area contributed by atoms with Gasteiger partial charge in [-0.3, -0.25) is 5.32 Å². The molecule has 0 fully saturated rings. The fourth-order valence-electron chi connectivity index (χ4n) is 2.58. The highest BCUT2D eigenvalue weighted by atomic mass is 79.9. The maximum Gasteiger partial charge on any atom is 0.262 e. The number of dihydropyridines is 1. The molecule has 0 bridgehead atoms. The molecule has 1 atom stereocenters. The Morgan fingerprint density at radius 1 is 1.04 bits per heavy atom. The zero-order chi connectivity index (χ0) is 16.4. The number of aromatic nitrogens is 1. The summed E-state index contributed by atoms with van der Waals surface area (Å²) in [5.74, 6) is -1.11.